The zero-order valence-electron chi connectivity index (χ0n) is 22.1. The molecule has 0 amide bonds. The molecule has 2 atom stereocenters. The Morgan fingerprint density at radius 3 is 1.47 bits per heavy atom. The molecule has 0 saturated heterocycles. The van der Waals surface area contributed by atoms with Crippen molar-refractivity contribution in [2.45, 2.75) is 135 Å². The van der Waals surface area contributed by atoms with E-state index < -0.39 is 13.9 Å². The molecule has 8 heteroatoms. The minimum Gasteiger partial charge on any atom is -0.388 e. The van der Waals surface area contributed by atoms with Crippen LogP contribution >= 0.6 is 7.82 Å². The second kappa shape index (κ2) is 26.1. The molecule has 2 unspecified atom stereocenters. The number of aliphatic hydroxyl groups excluding tert-OH is 1. The zero-order valence-corrected chi connectivity index (χ0v) is 23.0. The molecular weight excluding hydrogens is 453 g/mol. The predicted octanol–water partition coefficient (Wildman–Crippen LogP) is 6.89. The van der Waals surface area contributed by atoms with Gasteiger partial charge in [-0.1, -0.05) is 122 Å². The van der Waals surface area contributed by atoms with Crippen molar-refractivity contribution in [3.8, 4) is 0 Å². The van der Waals surface area contributed by atoms with Gasteiger partial charge in [-0.2, -0.15) is 0 Å². The topological polar surface area (TPSA) is 111 Å². The predicted molar refractivity (Wildman–Crippen MR) is 141 cm³/mol. The Bertz CT molecular complexity index is 455. The number of nitrogens with two attached hydrogens (primary N) is 1. The first-order chi connectivity index (χ1) is 16.5. The van der Waals surface area contributed by atoms with Crippen LogP contribution in [0, 0.1) is 0 Å². The smallest absolute Gasteiger partial charge is 0.388 e. The van der Waals surface area contributed by atoms with Gasteiger partial charge in [-0.25, -0.2) is 4.57 Å². The zero-order chi connectivity index (χ0) is 25.2. The lowest BCUT2D eigenvalue weighted by Crippen LogP contribution is -2.22. The van der Waals surface area contributed by atoms with Crippen LogP contribution in [0.15, 0.2) is 0 Å². The maximum absolute atomic E-state index is 11.4. The first kappa shape index (κ1) is 34.0. The van der Waals surface area contributed by atoms with Crippen molar-refractivity contribution in [2.24, 2.45) is 5.73 Å². The third-order valence-electron chi connectivity index (χ3n) is 6.00. The minimum atomic E-state index is -4.14. The molecule has 0 rings (SSSR count). The van der Waals surface area contributed by atoms with Crippen molar-refractivity contribution < 1.29 is 28.3 Å². The summed E-state index contributed by atoms with van der Waals surface area (Å²) in [6.07, 6.45) is 24.7. The second-order valence-electron chi connectivity index (χ2n) is 9.48. The van der Waals surface area contributed by atoms with E-state index in [0.717, 1.165) is 12.8 Å². The molecule has 0 aromatic rings. The van der Waals surface area contributed by atoms with Crippen molar-refractivity contribution in [1.29, 1.82) is 0 Å². The Morgan fingerprint density at radius 2 is 1.06 bits per heavy atom. The van der Waals surface area contributed by atoms with Crippen LogP contribution in [0.5, 0.6) is 0 Å². The fourth-order valence-corrected chi connectivity index (χ4v) is 4.71. The summed E-state index contributed by atoms with van der Waals surface area (Å²) in [5, 5.41) is 9.73. The number of ether oxygens (including phenoxy) is 1. The van der Waals surface area contributed by atoms with Gasteiger partial charge in [-0.3, -0.25) is 9.05 Å². The van der Waals surface area contributed by atoms with E-state index in [-0.39, 0.29) is 26.4 Å². The Balaban J connectivity index is 3.22. The lowest BCUT2D eigenvalue weighted by Gasteiger charge is -2.15. The molecule has 0 aliphatic carbocycles. The summed E-state index contributed by atoms with van der Waals surface area (Å²) in [5.74, 6) is 0. The van der Waals surface area contributed by atoms with Crippen LogP contribution in [0.2, 0.25) is 0 Å². The molecule has 34 heavy (non-hydrogen) atoms. The number of hydrogen-bond donors (Lipinski definition) is 3. The van der Waals surface area contributed by atoms with Gasteiger partial charge in [0.15, 0.2) is 0 Å². The van der Waals surface area contributed by atoms with E-state index in [4.69, 9.17) is 15.0 Å². The number of unbranched alkanes of at least 4 members (excludes halogenated alkanes) is 18. The van der Waals surface area contributed by atoms with E-state index in [9.17, 15) is 14.6 Å². The molecule has 0 aromatic carbocycles. The number of hydrogen-bond acceptors (Lipinski definition) is 6. The van der Waals surface area contributed by atoms with Crippen LogP contribution in [0.3, 0.4) is 0 Å². The van der Waals surface area contributed by atoms with Crippen molar-refractivity contribution >= 4 is 7.82 Å². The van der Waals surface area contributed by atoms with Crippen molar-refractivity contribution in [2.75, 3.05) is 33.0 Å². The second-order valence-corrected chi connectivity index (χ2v) is 10.9. The Kier molecular flexibility index (Phi) is 26.1. The van der Waals surface area contributed by atoms with Crippen LogP contribution in [-0.2, 0) is 18.3 Å². The van der Waals surface area contributed by atoms with Gasteiger partial charge in [-0.15, -0.1) is 0 Å². The summed E-state index contributed by atoms with van der Waals surface area (Å²) < 4.78 is 26.1. The van der Waals surface area contributed by atoms with Crippen molar-refractivity contribution in [3.63, 3.8) is 0 Å². The fourth-order valence-electron chi connectivity index (χ4n) is 3.94. The van der Waals surface area contributed by atoms with E-state index in [1.165, 1.54) is 109 Å². The number of phosphoric acid groups is 1. The van der Waals surface area contributed by atoms with Crippen LogP contribution in [0.25, 0.3) is 0 Å². The largest absolute Gasteiger partial charge is 0.472 e. The van der Waals surface area contributed by atoms with Crippen LogP contribution in [-0.4, -0.2) is 49.1 Å². The van der Waals surface area contributed by atoms with E-state index >= 15 is 0 Å². The quantitative estimate of drug-likeness (QED) is 0.0778. The van der Waals surface area contributed by atoms with Crippen molar-refractivity contribution in [1.82, 2.24) is 0 Å². The first-order valence-electron chi connectivity index (χ1n) is 14.1. The van der Waals surface area contributed by atoms with Gasteiger partial charge < -0.3 is 20.5 Å². The summed E-state index contributed by atoms with van der Waals surface area (Å²) in [6.45, 7) is 2.68. The summed E-state index contributed by atoms with van der Waals surface area (Å²) >= 11 is 0. The lowest BCUT2D eigenvalue weighted by molar-refractivity contribution is 0.00230. The molecule has 0 radical (unpaired) electrons. The summed E-state index contributed by atoms with van der Waals surface area (Å²) in [5.41, 5.74) is 5.20. The Labute approximate surface area is 210 Å². The fraction of sp³-hybridized carbons (Fsp3) is 1.00. The third kappa shape index (κ3) is 26.6. The Morgan fingerprint density at radius 1 is 0.647 bits per heavy atom. The average molecular weight is 510 g/mol. The third-order valence-corrected chi connectivity index (χ3v) is 6.99. The molecule has 0 aromatic heterocycles. The standard InChI is InChI=1S/C26H56NO6P/c1-2-3-4-5-6-7-8-9-10-11-12-13-14-15-16-17-18-19-20-22-31-24-26(28)25-33-34(29,30)32-23-21-27/h26,28H,2-25,27H2,1H3,(H,29,30). The van der Waals surface area contributed by atoms with E-state index in [1.807, 2.05) is 0 Å². The van der Waals surface area contributed by atoms with E-state index in [1.54, 1.807) is 0 Å². The normalized spacial score (nSPS) is 14.4. The van der Waals surface area contributed by atoms with Gasteiger partial charge >= 0.3 is 7.82 Å². The molecule has 0 saturated carbocycles. The van der Waals surface area contributed by atoms with Crippen LogP contribution in [0.4, 0.5) is 0 Å². The molecule has 0 fully saturated rings. The lowest BCUT2D eigenvalue weighted by atomic mass is 10.0. The molecular formula is C26H56NO6P. The van der Waals surface area contributed by atoms with Crippen LogP contribution < -0.4 is 5.73 Å². The summed E-state index contributed by atoms with van der Waals surface area (Å²) in [4.78, 5) is 9.34. The molecule has 0 aliphatic heterocycles. The highest BCUT2D eigenvalue weighted by molar-refractivity contribution is 7.47. The highest BCUT2D eigenvalue weighted by atomic mass is 31.2. The number of phosphoric ester groups is 1. The van der Waals surface area contributed by atoms with E-state index in [2.05, 4.69) is 11.4 Å². The van der Waals surface area contributed by atoms with Gasteiger partial charge in [0, 0.05) is 13.2 Å². The first-order valence-corrected chi connectivity index (χ1v) is 15.6. The monoisotopic (exact) mass is 509 g/mol. The van der Waals surface area contributed by atoms with Gasteiger partial charge in [0.2, 0.25) is 0 Å². The molecule has 4 N–H and O–H groups in total. The minimum absolute atomic E-state index is 0.0697. The summed E-state index contributed by atoms with van der Waals surface area (Å²) in [6, 6.07) is 0. The number of rotatable bonds is 28. The molecule has 0 heterocycles. The SMILES string of the molecule is CCCCCCCCCCCCCCCCCCCCCOCC(O)COP(=O)(O)OCCN. The number of aliphatic hydroxyl groups is 1. The van der Waals surface area contributed by atoms with E-state index in [0.29, 0.717) is 6.61 Å². The maximum Gasteiger partial charge on any atom is 0.472 e. The van der Waals surface area contributed by atoms with Crippen LogP contribution in [0.1, 0.15) is 129 Å². The molecule has 206 valence electrons. The van der Waals surface area contributed by atoms with Gasteiger partial charge in [0.05, 0.1) is 19.8 Å². The highest BCUT2D eigenvalue weighted by Crippen LogP contribution is 2.42. The van der Waals surface area contributed by atoms with Crippen molar-refractivity contribution in [3.05, 3.63) is 0 Å². The Hall–Kier alpha value is -0.0100. The molecule has 7 nitrogen and oxygen atoms in total. The maximum atomic E-state index is 11.4. The van der Waals surface area contributed by atoms with Gasteiger partial charge in [-0.05, 0) is 6.42 Å². The molecule has 0 bridgehead atoms. The summed E-state index contributed by atoms with van der Waals surface area (Å²) in [7, 11) is -4.14. The average Bonchev–Trinajstić information content (AvgIpc) is 2.82. The highest BCUT2D eigenvalue weighted by Gasteiger charge is 2.22. The molecule has 0 aliphatic rings. The van der Waals surface area contributed by atoms with Gasteiger partial charge in [0.1, 0.15) is 6.10 Å². The molecule has 0 spiro atoms. The van der Waals surface area contributed by atoms with Gasteiger partial charge in [0.25, 0.3) is 0 Å².